The van der Waals surface area contributed by atoms with Crippen LogP contribution in [0.3, 0.4) is 0 Å². The molecule has 0 aromatic heterocycles. The van der Waals surface area contributed by atoms with Crippen LogP contribution in [0.5, 0.6) is 0 Å². The Balaban J connectivity index is 2.33. The summed E-state index contributed by atoms with van der Waals surface area (Å²) in [7, 11) is 0. The fourth-order valence-electron chi connectivity index (χ4n) is 1.81. The third-order valence-corrected chi connectivity index (χ3v) is 3.48. The van der Waals surface area contributed by atoms with Crippen LogP contribution < -0.4 is 0 Å². The molecule has 1 aliphatic rings. The van der Waals surface area contributed by atoms with Crippen molar-refractivity contribution in [1.82, 2.24) is 0 Å². The molecular weight excluding hydrogens is 289 g/mol. The molecule has 14 heavy (non-hydrogen) atoms. The first-order chi connectivity index (χ1) is 6.74. The molecule has 1 rings (SSSR count). The van der Waals surface area contributed by atoms with Crippen LogP contribution >= 0.6 is 22.6 Å². The molecule has 1 aliphatic carbocycles. The summed E-state index contributed by atoms with van der Waals surface area (Å²) in [4.78, 5) is 11.5. The first kappa shape index (κ1) is 11.7. The van der Waals surface area contributed by atoms with Crippen molar-refractivity contribution in [2.24, 2.45) is 5.92 Å². The van der Waals surface area contributed by atoms with E-state index in [4.69, 9.17) is 5.26 Å². The van der Waals surface area contributed by atoms with Crippen LogP contribution in [0.1, 0.15) is 38.5 Å². The molecule has 0 aliphatic heterocycles. The van der Waals surface area contributed by atoms with Crippen LogP contribution in [-0.2, 0) is 4.79 Å². The topological polar surface area (TPSA) is 40.9 Å². The highest BCUT2D eigenvalue weighted by atomic mass is 127. The number of hydrogen-bond acceptors (Lipinski definition) is 2. The number of carbonyl (C=O) groups is 1. The van der Waals surface area contributed by atoms with E-state index >= 15 is 0 Å². The van der Waals surface area contributed by atoms with E-state index in [1.54, 1.807) is 6.08 Å². The number of nitrogens with zero attached hydrogens (tertiary/aromatic N) is 1. The van der Waals surface area contributed by atoms with Crippen molar-refractivity contribution in [3.63, 3.8) is 0 Å². The summed E-state index contributed by atoms with van der Waals surface area (Å²) < 4.78 is 1.06. The predicted molar refractivity (Wildman–Crippen MR) is 63.9 cm³/mol. The summed E-state index contributed by atoms with van der Waals surface area (Å²) in [6.45, 7) is 0. The molecular formula is C11H14INO. The van der Waals surface area contributed by atoms with Crippen LogP contribution in [0.15, 0.2) is 9.66 Å². The van der Waals surface area contributed by atoms with Gasteiger partial charge in [-0.25, -0.2) is 0 Å². The second-order valence-corrected chi connectivity index (χ2v) is 5.05. The Morgan fingerprint density at radius 3 is 3.07 bits per heavy atom. The summed E-state index contributed by atoms with van der Waals surface area (Å²) in [5.41, 5.74) is 0. The molecule has 0 heterocycles. The van der Waals surface area contributed by atoms with E-state index in [0.717, 1.165) is 35.7 Å². The van der Waals surface area contributed by atoms with Crippen molar-refractivity contribution in [3.8, 4) is 6.07 Å². The highest BCUT2D eigenvalue weighted by Crippen LogP contribution is 2.27. The molecule has 76 valence electrons. The van der Waals surface area contributed by atoms with Gasteiger partial charge in [-0.2, -0.15) is 5.26 Å². The summed E-state index contributed by atoms with van der Waals surface area (Å²) in [5, 5.41) is 8.43. The van der Waals surface area contributed by atoms with Gasteiger partial charge in [-0.05, 0) is 48.3 Å². The van der Waals surface area contributed by atoms with Crippen LogP contribution in [0.2, 0.25) is 0 Å². The van der Waals surface area contributed by atoms with Crippen LogP contribution in [0, 0.1) is 17.2 Å². The van der Waals surface area contributed by atoms with Gasteiger partial charge in [0.15, 0.2) is 0 Å². The van der Waals surface area contributed by atoms with E-state index in [1.165, 1.54) is 6.42 Å². The van der Waals surface area contributed by atoms with Crippen molar-refractivity contribution in [1.29, 1.82) is 5.26 Å². The largest absolute Gasteiger partial charge is 0.299 e. The maximum Gasteiger partial charge on any atom is 0.135 e. The number of nitriles is 1. The van der Waals surface area contributed by atoms with Crippen molar-refractivity contribution < 1.29 is 4.79 Å². The summed E-state index contributed by atoms with van der Waals surface area (Å²) in [6.07, 6.45) is 7.45. The lowest BCUT2D eigenvalue weighted by molar-refractivity contribution is -0.124. The van der Waals surface area contributed by atoms with Gasteiger partial charge in [-0.15, -0.1) is 0 Å². The molecule has 1 atom stereocenters. The maximum atomic E-state index is 11.5. The monoisotopic (exact) mass is 303 g/mol. The molecule has 0 radical (unpaired) electrons. The predicted octanol–water partition coefficient (Wildman–Crippen LogP) is 3.37. The van der Waals surface area contributed by atoms with Gasteiger partial charge >= 0.3 is 0 Å². The SMILES string of the molecule is N#C/C=C(/I)CCC1CCCCC1=O. The van der Waals surface area contributed by atoms with E-state index in [9.17, 15) is 4.79 Å². The Hall–Kier alpha value is -0.370. The summed E-state index contributed by atoms with van der Waals surface area (Å²) in [6, 6.07) is 2.01. The number of ketones is 1. The minimum atomic E-state index is 0.264. The Morgan fingerprint density at radius 1 is 1.64 bits per heavy atom. The van der Waals surface area contributed by atoms with E-state index in [0.29, 0.717) is 5.78 Å². The van der Waals surface area contributed by atoms with Crippen molar-refractivity contribution in [3.05, 3.63) is 9.66 Å². The van der Waals surface area contributed by atoms with Crippen molar-refractivity contribution >= 4 is 28.4 Å². The normalized spacial score (nSPS) is 23.3. The summed E-state index contributed by atoms with van der Waals surface area (Å²) >= 11 is 2.17. The molecule has 1 fully saturated rings. The average molecular weight is 303 g/mol. The van der Waals surface area contributed by atoms with Crippen molar-refractivity contribution in [2.45, 2.75) is 38.5 Å². The molecule has 0 aromatic rings. The highest BCUT2D eigenvalue weighted by Gasteiger charge is 2.21. The molecule has 2 nitrogen and oxygen atoms in total. The van der Waals surface area contributed by atoms with Gasteiger partial charge in [0.1, 0.15) is 5.78 Å². The Labute approximate surface area is 98.5 Å². The zero-order valence-electron chi connectivity index (χ0n) is 8.13. The Bertz CT molecular complexity index is 278. The molecule has 0 spiro atoms. The molecule has 0 saturated heterocycles. The highest BCUT2D eigenvalue weighted by molar-refractivity contribution is 14.1. The zero-order chi connectivity index (χ0) is 10.4. The van der Waals surface area contributed by atoms with Gasteiger partial charge in [0, 0.05) is 22.0 Å². The molecule has 1 saturated carbocycles. The van der Waals surface area contributed by atoms with Gasteiger partial charge in [-0.1, -0.05) is 6.42 Å². The Kier molecular flexibility index (Phi) is 5.16. The van der Waals surface area contributed by atoms with Gasteiger partial charge in [0.25, 0.3) is 0 Å². The molecule has 1 unspecified atom stereocenters. The lowest BCUT2D eigenvalue weighted by Crippen LogP contribution is -2.18. The van der Waals surface area contributed by atoms with Gasteiger partial charge in [0.2, 0.25) is 0 Å². The molecule has 0 N–H and O–H groups in total. The quantitative estimate of drug-likeness (QED) is 0.592. The third-order valence-electron chi connectivity index (χ3n) is 2.63. The first-order valence-electron chi connectivity index (χ1n) is 5.01. The fraction of sp³-hybridized carbons (Fsp3) is 0.636. The van der Waals surface area contributed by atoms with Crippen LogP contribution in [0.4, 0.5) is 0 Å². The minimum absolute atomic E-state index is 0.264. The summed E-state index contributed by atoms with van der Waals surface area (Å²) in [5.74, 6) is 0.693. The van der Waals surface area contributed by atoms with E-state index in [2.05, 4.69) is 22.6 Å². The van der Waals surface area contributed by atoms with Crippen LogP contribution in [-0.4, -0.2) is 5.78 Å². The van der Waals surface area contributed by atoms with E-state index in [1.807, 2.05) is 6.07 Å². The number of hydrogen-bond donors (Lipinski definition) is 0. The molecule has 0 bridgehead atoms. The number of rotatable bonds is 3. The molecule has 3 heteroatoms. The van der Waals surface area contributed by atoms with Gasteiger partial charge in [-0.3, -0.25) is 4.79 Å². The average Bonchev–Trinajstić information content (AvgIpc) is 2.17. The first-order valence-corrected chi connectivity index (χ1v) is 6.09. The van der Waals surface area contributed by atoms with E-state index in [-0.39, 0.29) is 5.92 Å². The van der Waals surface area contributed by atoms with E-state index < -0.39 is 0 Å². The minimum Gasteiger partial charge on any atom is -0.299 e. The fourth-order valence-corrected chi connectivity index (χ4v) is 2.27. The molecule has 0 amide bonds. The smallest absolute Gasteiger partial charge is 0.135 e. The zero-order valence-corrected chi connectivity index (χ0v) is 10.3. The number of allylic oxidation sites excluding steroid dienone is 2. The second-order valence-electron chi connectivity index (χ2n) is 3.67. The van der Waals surface area contributed by atoms with Gasteiger partial charge in [0.05, 0.1) is 6.07 Å². The third kappa shape index (κ3) is 3.79. The number of carbonyl (C=O) groups excluding carboxylic acids is 1. The second kappa shape index (κ2) is 6.18. The Morgan fingerprint density at radius 2 is 2.43 bits per heavy atom. The van der Waals surface area contributed by atoms with Gasteiger partial charge < -0.3 is 0 Å². The maximum absolute atomic E-state index is 11.5. The van der Waals surface area contributed by atoms with Crippen LogP contribution in [0.25, 0.3) is 0 Å². The number of halogens is 1. The standard InChI is InChI=1S/C11H14INO/c12-10(7-8-13)6-5-9-3-1-2-4-11(9)14/h7,9H,1-6H2/b10-7+. The lowest BCUT2D eigenvalue weighted by Gasteiger charge is -2.19. The van der Waals surface area contributed by atoms with Crippen molar-refractivity contribution in [2.75, 3.05) is 0 Å². The molecule has 0 aromatic carbocycles. The number of Topliss-reactive ketones (excluding diaryl/α,β-unsaturated/α-hetero) is 1. The lowest BCUT2D eigenvalue weighted by atomic mass is 9.85.